The number of nitrogens with one attached hydrogen (secondary N) is 1. The van der Waals surface area contributed by atoms with Crippen molar-refractivity contribution in [3.05, 3.63) is 92.4 Å². The van der Waals surface area contributed by atoms with Gasteiger partial charge in [0.1, 0.15) is 12.6 Å². The number of carbonyl (C=O) groups is 2. The highest BCUT2D eigenvalue weighted by Crippen LogP contribution is 2.30. The summed E-state index contributed by atoms with van der Waals surface area (Å²) in [7, 11) is -4.21. The summed E-state index contributed by atoms with van der Waals surface area (Å²) >= 11 is 19.0. The van der Waals surface area contributed by atoms with E-state index in [1.165, 1.54) is 29.2 Å². The molecule has 1 atom stereocenters. The number of amides is 2. The lowest BCUT2D eigenvalue weighted by Crippen LogP contribution is -2.52. The summed E-state index contributed by atoms with van der Waals surface area (Å²) in [5.74, 6) is -0.917. The van der Waals surface area contributed by atoms with Crippen LogP contribution in [0.4, 0.5) is 5.69 Å². The average molecular weight is 653 g/mol. The van der Waals surface area contributed by atoms with Crippen molar-refractivity contribution < 1.29 is 18.0 Å². The predicted octanol–water partition coefficient (Wildman–Crippen LogP) is 7.18. The van der Waals surface area contributed by atoms with Crippen LogP contribution in [0, 0.1) is 13.8 Å². The van der Waals surface area contributed by atoms with Crippen LogP contribution in [0.1, 0.15) is 49.8 Å². The number of anilines is 1. The van der Waals surface area contributed by atoms with E-state index >= 15 is 0 Å². The number of halogens is 3. The molecule has 1 N–H and O–H groups in total. The quantitative estimate of drug-likeness (QED) is 0.198. The first-order valence-corrected chi connectivity index (χ1v) is 16.3. The Morgan fingerprint density at radius 1 is 0.905 bits per heavy atom. The zero-order valence-corrected chi connectivity index (χ0v) is 27.2. The molecule has 0 heterocycles. The lowest BCUT2D eigenvalue weighted by atomic mass is 10.1. The topological polar surface area (TPSA) is 86.8 Å². The van der Waals surface area contributed by atoms with E-state index in [1.807, 2.05) is 20.8 Å². The Labute approximate surface area is 263 Å². The highest BCUT2D eigenvalue weighted by molar-refractivity contribution is 7.92. The maximum Gasteiger partial charge on any atom is 0.264 e. The molecule has 0 saturated carbocycles. The number of aryl methyl sites for hydroxylation is 2. The molecule has 1 unspecified atom stereocenters. The maximum absolute atomic E-state index is 14.2. The standard InChI is InChI=1S/C31H36Cl3N3O4S/c1-5-7-17-35-31(39)29(6-2)36(19-26-27(33)9-8-10-28(26)34)30(38)20-37(24-14-11-21(3)22(4)18-24)42(40,41)25-15-12-23(32)13-16-25/h8-16,18,29H,5-7,17,19-20H2,1-4H3,(H,35,39). The Morgan fingerprint density at radius 3 is 2.12 bits per heavy atom. The minimum atomic E-state index is -4.21. The first-order valence-electron chi connectivity index (χ1n) is 13.8. The number of rotatable bonds is 13. The van der Waals surface area contributed by atoms with E-state index in [4.69, 9.17) is 34.8 Å². The summed E-state index contributed by atoms with van der Waals surface area (Å²) in [6, 6.07) is 15.0. The molecule has 11 heteroatoms. The Balaban J connectivity index is 2.10. The Bertz CT molecular complexity index is 1490. The Kier molecular flexibility index (Phi) is 12.1. The summed E-state index contributed by atoms with van der Waals surface area (Å²) in [5, 5.41) is 3.95. The van der Waals surface area contributed by atoms with Crippen LogP contribution in [-0.4, -0.2) is 44.3 Å². The van der Waals surface area contributed by atoms with Crippen molar-refractivity contribution in [1.29, 1.82) is 0 Å². The van der Waals surface area contributed by atoms with Gasteiger partial charge in [-0.3, -0.25) is 13.9 Å². The van der Waals surface area contributed by atoms with E-state index in [-0.39, 0.29) is 17.3 Å². The lowest BCUT2D eigenvalue weighted by Gasteiger charge is -2.33. The number of unbranched alkanes of at least 4 members (excludes halogenated alkanes) is 1. The Morgan fingerprint density at radius 2 is 1.55 bits per heavy atom. The van der Waals surface area contributed by atoms with Gasteiger partial charge in [0.15, 0.2) is 0 Å². The second kappa shape index (κ2) is 15.1. The number of hydrogen-bond donors (Lipinski definition) is 1. The van der Waals surface area contributed by atoms with Crippen LogP contribution in [0.5, 0.6) is 0 Å². The van der Waals surface area contributed by atoms with Crippen LogP contribution in [0.15, 0.2) is 65.6 Å². The largest absolute Gasteiger partial charge is 0.354 e. The van der Waals surface area contributed by atoms with E-state index in [0.717, 1.165) is 28.3 Å². The van der Waals surface area contributed by atoms with Gasteiger partial charge >= 0.3 is 0 Å². The predicted molar refractivity (Wildman–Crippen MR) is 171 cm³/mol. The third-order valence-corrected chi connectivity index (χ3v) is 9.81. The third kappa shape index (κ3) is 8.19. The molecule has 0 radical (unpaired) electrons. The number of nitrogens with zero attached hydrogens (tertiary/aromatic N) is 2. The molecule has 0 saturated heterocycles. The van der Waals surface area contributed by atoms with Gasteiger partial charge in [-0.15, -0.1) is 0 Å². The van der Waals surface area contributed by atoms with Crippen LogP contribution in [-0.2, 0) is 26.2 Å². The van der Waals surface area contributed by atoms with Gasteiger partial charge < -0.3 is 10.2 Å². The summed E-state index contributed by atoms with van der Waals surface area (Å²) in [5.41, 5.74) is 2.61. The van der Waals surface area contributed by atoms with Gasteiger partial charge in [0.25, 0.3) is 10.0 Å². The molecule has 3 aromatic carbocycles. The van der Waals surface area contributed by atoms with Crippen molar-refractivity contribution in [2.45, 2.75) is 64.4 Å². The van der Waals surface area contributed by atoms with E-state index < -0.39 is 28.5 Å². The van der Waals surface area contributed by atoms with Gasteiger partial charge in [0.05, 0.1) is 10.6 Å². The number of carbonyl (C=O) groups excluding carboxylic acids is 2. The molecular weight excluding hydrogens is 617 g/mol. The van der Waals surface area contributed by atoms with Gasteiger partial charge in [0, 0.05) is 33.7 Å². The molecular formula is C31H36Cl3N3O4S. The molecule has 226 valence electrons. The number of sulfonamides is 1. The molecule has 0 aliphatic carbocycles. The smallest absolute Gasteiger partial charge is 0.264 e. The lowest BCUT2D eigenvalue weighted by molar-refractivity contribution is -0.140. The van der Waals surface area contributed by atoms with Gasteiger partial charge in [-0.2, -0.15) is 0 Å². The molecule has 42 heavy (non-hydrogen) atoms. The van der Waals surface area contributed by atoms with E-state index in [2.05, 4.69) is 5.32 Å². The molecule has 3 rings (SSSR count). The normalized spacial score (nSPS) is 12.1. The van der Waals surface area contributed by atoms with Crippen molar-refractivity contribution >= 4 is 62.3 Å². The first-order chi connectivity index (χ1) is 19.9. The van der Waals surface area contributed by atoms with E-state index in [9.17, 15) is 18.0 Å². The summed E-state index contributed by atoms with van der Waals surface area (Å²) in [6.07, 6.45) is 1.97. The van der Waals surface area contributed by atoms with Gasteiger partial charge in [0.2, 0.25) is 11.8 Å². The monoisotopic (exact) mass is 651 g/mol. The van der Waals surface area contributed by atoms with Crippen LogP contribution >= 0.6 is 34.8 Å². The van der Waals surface area contributed by atoms with Crippen LogP contribution in [0.25, 0.3) is 0 Å². The molecule has 0 aliphatic rings. The van der Waals surface area contributed by atoms with Crippen molar-refractivity contribution in [2.24, 2.45) is 0 Å². The molecule has 7 nitrogen and oxygen atoms in total. The van der Waals surface area contributed by atoms with Crippen LogP contribution in [0.3, 0.4) is 0 Å². The molecule has 2 amide bonds. The second-order valence-electron chi connectivity index (χ2n) is 10.0. The number of hydrogen-bond acceptors (Lipinski definition) is 4. The summed E-state index contributed by atoms with van der Waals surface area (Å²) < 4.78 is 29.1. The SMILES string of the molecule is CCCCNC(=O)C(CC)N(Cc1c(Cl)cccc1Cl)C(=O)CN(c1ccc(C)c(C)c1)S(=O)(=O)c1ccc(Cl)cc1. The zero-order valence-electron chi connectivity index (χ0n) is 24.2. The molecule has 0 bridgehead atoms. The maximum atomic E-state index is 14.2. The van der Waals surface area contributed by atoms with Crippen LogP contribution in [0.2, 0.25) is 15.1 Å². The fourth-order valence-electron chi connectivity index (χ4n) is 4.42. The summed E-state index contributed by atoms with van der Waals surface area (Å²) in [6.45, 7) is 7.41. The van der Waals surface area contributed by atoms with Crippen LogP contribution < -0.4 is 9.62 Å². The highest BCUT2D eigenvalue weighted by Gasteiger charge is 2.34. The second-order valence-corrected chi connectivity index (χ2v) is 13.1. The summed E-state index contributed by atoms with van der Waals surface area (Å²) in [4.78, 5) is 28.9. The average Bonchev–Trinajstić information content (AvgIpc) is 2.95. The van der Waals surface area contributed by atoms with Crippen molar-refractivity contribution in [3.63, 3.8) is 0 Å². The molecule has 3 aromatic rings. The molecule has 0 aliphatic heterocycles. The van der Waals surface area contributed by atoms with Gasteiger partial charge in [-0.05, 0) is 86.3 Å². The molecule has 0 aromatic heterocycles. The van der Waals surface area contributed by atoms with Gasteiger partial charge in [-0.1, -0.05) is 67.2 Å². The van der Waals surface area contributed by atoms with Gasteiger partial charge in [-0.25, -0.2) is 8.42 Å². The van der Waals surface area contributed by atoms with Crippen molar-refractivity contribution in [2.75, 3.05) is 17.4 Å². The van der Waals surface area contributed by atoms with Crippen molar-refractivity contribution in [1.82, 2.24) is 10.2 Å². The van der Waals surface area contributed by atoms with E-state index in [1.54, 1.807) is 43.3 Å². The number of benzene rings is 3. The minimum Gasteiger partial charge on any atom is -0.354 e. The third-order valence-electron chi connectivity index (χ3n) is 7.06. The van der Waals surface area contributed by atoms with Crippen molar-refractivity contribution in [3.8, 4) is 0 Å². The zero-order chi connectivity index (χ0) is 31.0. The molecule has 0 spiro atoms. The Hall–Kier alpha value is -2.78. The first kappa shape index (κ1) is 33.7. The fraction of sp³-hybridized carbons (Fsp3) is 0.355. The molecule has 0 fully saturated rings. The minimum absolute atomic E-state index is 0.0250. The fourth-order valence-corrected chi connectivity index (χ4v) is 6.47. The highest BCUT2D eigenvalue weighted by atomic mass is 35.5. The van der Waals surface area contributed by atoms with E-state index in [0.29, 0.717) is 39.3 Å².